The number of hydrazine groups is 1. The third-order valence-corrected chi connectivity index (χ3v) is 4.74. The summed E-state index contributed by atoms with van der Waals surface area (Å²) in [5.41, 5.74) is 5.13. The minimum atomic E-state index is -0.175. The second kappa shape index (κ2) is 8.79. The predicted molar refractivity (Wildman–Crippen MR) is 113 cm³/mol. The van der Waals surface area contributed by atoms with E-state index in [-0.39, 0.29) is 18.3 Å². The van der Waals surface area contributed by atoms with E-state index in [4.69, 9.17) is 16.3 Å². The number of carbonyl (C=O) groups is 1. The van der Waals surface area contributed by atoms with Crippen LogP contribution in [0.1, 0.15) is 10.4 Å². The number of carbonyl (C=O) groups excluding carboxylic acids is 1. The lowest BCUT2D eigenvalue weighted by Crippen LogP contribution is -2.48. The molecular formula is C19H21Cl2N5O2. The molecule has 1 amide bonds. The van der Waals surface area contributed by atoms with Crippen LogP contribution >= 0.6 is 24.0 Å². The molecule has 1 aliphatic rings. The summed E-state index contributed by atoms with van der Waals surface area (Å²) in [5.74, 6) is 0.501. The van der Waals surface area contributed by atoms with E-state index in [1.807, 2.05) is 53.2 Å². The number of amides is 1. The molecule has 2 aromatic heterocycles. The number of nitrogens with one attached hydrogen (secondary N) is 2. The van der Waals surface area contributed by atoms with Crippen LogP contribution in [0.5, 0.6) is 0 Å². The highest BCUT2D eigenvalue weighted by Crippen LogP contribution is 2.28. The van der Waals surface area contributed by atoms with Gasteiger partial charge in [0, 0.05) is 48.6 Å². The zero-order valence-corrected chi connectivity index (χ0v) is 16.9. The van der Waals surface area contributed by atoms with Gasteiger partial charge in [0.05, 0.1) is 24.3 Å². The highest BCUT2D eigenvalue weighted by molar-refractivity contribution is 6.30. The average molecular weight is 422 g/mol. The Morgan fingerprint density at radius 3 is 2.79 bits per heavy atom. The summed E-state index contributed by atoms with van der Waals surface area (Å²) in [6.07, 6.45) is 3.52. The van der Waals surface area contributed by atoms with Gasteiger partial charge in [-0.05, 0) is 24.3 Å². The number of fused-ring (bicyclic) bond motifs is 1. The molecule has 1 saturated heterocycles. The van der Waals surface area contributed by atoms with Gasteiger partial charge in [0.25, 0.3) is 5.91 Å². The second-order valence-electron chi connectivity index (χ2n) is 6.39. The average Bonchev–Trinajstić information content (AvgIpc) is 3.05. The first-order valence-corrected chi connectivity index (χ1v) is 9.10. The maximum Gasteiger partial charge on any atom is 0.269 e. The van der Waals surface area contributed by atoms with Gasteiger partial charge in [0.2, 0.25) is 0 Å². The van der Waals surface area contributed by atoms with Crippen LogP contribution in [0.2, 0.25) is 5.02 Å². The molecule has 4 rings (SSSR count). The zero-order valence-electron chi connectivity index (χ0n) is 15.3. The molecule has 0 spiro atoms. The summed E-state index contributed by atoms with van der Waals surface area (Å²) in [7, 11) is 1.91. The number of hydrogen-bond acceptors (Lipinski definition) is 5. The molecule has 1 aromatic carbocycles. The van der Waals surface area contributed by atoms with Crippen LogP contribution in [-0.4, -0.2) is 46.8 Å². The number of morpholine rings is 1. The van der Waals surface area contributed by atoms with Crippen LogP contribution in [-0.2, 0) is 11.8 Å². The molecule has 3 aromatic rings. The highest BCUT2D eigenvalue weighted by Gasteiger charge is 2.19. The third-order valence-electron chi connectivity index (χ3n) is 4.51. The zero-order chi connectivity index (χ0) is 18.8. The Labute approximate surface area is 174 Å². The monoisotopic (exact) mass is 421 g/mol. The maximum absolute atomic E-state index is 12.8. The summed E-state index contributed by atoms with van der Waals surface area (Å²) in [4.78, 5) is 17.3. The van der Waals surface area contributed by atoms with Gasteiger partial charge in [-0.2, -0.15) is 0 Å². The number of benzene rings is 1. The van der Waals surface area contributed by atoms with Crippen LogP contribution in [0.3, 0.4) is 0 Å². The van der Waals surface area contributed by atoms with E-state index in [1.54, 1.807) is 6.20 Å². The van der Waals surface area contributed by atoms with Crippen molar-refractivity contribution in [3.8, 4) is 0 Å². The number of rotatable bonds is 4. The van der Waals surface area contributed by atoms with E-state index in [0.29, 0.717) is 42.7 Å². The lowest BCUT2D eigenvalue weighted by Gasteiger charge is -2.27. The molecule has 7 nitrogen and oxygen atoms in total. The fraction of sp³-hybridized carbons (Fsp3) is 0.263. The molecule has 2 N–H and O–H groups in total. The van der Waals surface area contributed by atoms with Crippen molar-refractivity contribution in [2.45, 2.75) is 0 Å². The number of aryl methyl sites for hydroxylation is 1. The lowest BCUT2D eigenvalue weighted by atomic mass is 10.2. The first-order valence-electron chi connectivity index (χ1n) is 8.72. The van der Waals surface area contributed by atoms with Crippen LogP contribution < -0.4 is 10.7 Å². The number of nitrogens with zero attached hydrogens (tertiary/aromatic N) is 3. The molecule has 0 saturated carbocycles. The fourth-order valence-corrected chi connectivity index (χ4v) is 3.35. The normalized spacial score (nSPS) is 14.5. The summed E-state index contributed by atoms with van der Waals surface area (Å²) >= 11 is 6.06. The van der Waals surface area contributed by atoms with Gasteiger partial charge in [-0.3, -0.25) is 10.2 Å². The Kier molecular flexibility index (Phi) is 6.41. The number of pyridine rings is 1. The minimum absolute atomic E-state index is 0. The number of aromatic nitrogens is 2. The third kappa shape index (κ3) is 4.23. The van der Waals surface area contributed by atoms with E-state index in [1.165, 1.54) is 0 Å². The van der Waals surface area contributed by atoms with Crippen molar-refractivity contribution in [3.05, 3.63) is 53.3 Å². The summed E-state index contributed by atoms with van der Waals surface area (Å²) in [5, 5.41) is 6.67. The van der Waals surface area contributed by atoms with Crippen molar-refractivity contribution < 1.29 is 9.53 Å². The van der Waals surface area contributed by atoms with Crippen LogP contribution in [0.15, 0.2) is 42.7 Å². The molecule has 148 valence electrons. The van der Waals surface area contributed by atoms with Crippen LogP contribution in [0, 0.1) is 0 Å². The van der Waals surface area contributed by atoms with E-state index < -0.39 is 0 Å². The van der Waals surface area contributed by atoms with E-state index in [2.05, 4.69) is 15.7 Å². The molecule has 0 radical (unpaired) electrons. The molecule has 0 aliphatic carbocycles. The lowest BCUT2D eigenvalue weighted by molar-refractivity contribution is 0.0126. The molecule has 0 unspecified atom stereocenters. The standard InChI is InChI=1S/C19H20ClN5O2.ClH/c1-24-6-5-15-17(24)16(19(26)23-25-7-9-27-10-8-25)12-21-18(15)22-14-4-2-3-13(20)11-14;/h2-6,11-12H,7-10H2,1H3,(H,21,22)(H,23,26);1H. The van der Waals surface area contributed by atoms with Crippen molar-refractivity contribution in [3.63, 3.8) is 0 Å². The quantitative estimate of drug-likeness (QED) is 0.675. The molecule has 0 atom stereocenters. The van der Waals surface area contributed by atoms with E-state index >= 15 is 0 Å². The number of hydrogen-bond donors (Lipinski definition) is 2. The smallest absolute Gasteiger partial charge is 0.269 e. The Morgan fingerprint density at radius 2 is 2.04 bits per heavy atom. The Balaban J connectivity index is 0.00000225. The van der Waals surface area contributed by atoms with E-state index in [0.717, 1.165) is 16.6 Å². The van der Waals surface area contributed by atoms with Gasteiger partial charge < -0.3 is 14.6 Å². The molecule has 1 fully saturated rings. The van der Waals surface area contributed by atoms with Gasteiger partial charge >= 0.3 is 0 Å². The van der Waals surface area contributed by atoms with Crippen molar-refractivity contribution in [2.24, 2.45) is 7.05 Å². The topological polar surface area (TPSA) is 71.4 Å². The first-order chi connectivity index (χ1) is 13.1. The van der Waals surface area contributed by atoms with Gasteiger partial charge in [-0.15, -0.1) is 12.4 Å². The maximum atomic E-state index is 12.8. The summed E-state index contributed by atoms with van der Waals surface area (Å²) in [6, 6.07) is 9.38. The molecule has 1 aliphatic heterocycles. The number of halogens is 2. The van der Waals surface area contributed by atoms with Gasteiger partial charge in [0.1, 0.15) is 5.82 Å². The Morgan fingerprint density at radius 1 is 1.25 bits per heavy atom. The Hall–Kier alpha value is -2.32. The van der Waals surface area contributed by atoms with Crippen LogP contribution in [0.25, 0.3) is 10.9 Å². The van der Waals surface area contributed by atoms with Gasteiger partial charge in [-0.25, -0.2) is 9.99 Å². The fourth-order valence-electron chi connectivity index (χ4n) is 3.16. The summed E-state index contributed by atoms with van der Waals surface area (Å²) < 4.78 is 7.24. The van der Waals surface area contributed by atoms with Gasteiger partial charge in [0.15, 0.2) is 0 Å². The highest BCUT2D eigenvalue weighted by atomic mass is 35.5. The first kappa shape index (κ1) is 20.4. The van der Waals surface area contributed by atoms with E-state index in [9.17, 15) is 4.79 Å². The minimum Gasteiger partial charge on any atom is -0.379 e. The Bertz CT molecular complexity index is 986. The van der Waals surface area contributed by atoms with Crippen LogP contribution in [0.4, 0.5) is 11.5 Å². The number of anilines is 2. The second-order valence-corrected chi connectivity index (χ2v) is 6.82. The SMILES string of the molecule is Cl.Cn1ccc2c(Nc3cccc(Cl)c3)ncc(C(=O)NN3CCOCC3)c21. The summed E-state index contributed by atoms with van der Waals surface area (Å²) in [6.45, 7) is 2.56. The van der Waals surface area contributed by atoms with Crippen molar-refractivity contribution in [2.75, 3.05) is 31.6 Å². The molecule has 28 heavy (non-hydrogen) atoms. The largest absolute Gasteiger partial charge is 0.379 e. The van der Waals surface area contributed by atoms with Crippen molar-refractivity contribution in [1.29, 1.82) is 0 Å². The molecular weight excluding hydrogens is 401 g/mol. The molecule has 9 heteroatoms. The van der Waals surface area contributed by atoms with Crippen molar-refractivity contribution in [1.82, 2.24) is 20.0 Å². The number of ether oxygens (including phenoxy) is 1. The molecule has 0 bridgehead atoms. The molecule has 3 heterocycles. The predicted octanol–water partition coefficient (Wildman–Crippen LogP) is 3.37. The van der Waals surface area contributed by atoms with Gasteiger partial charge in [-0.1, -0.05) is 17.7 Å². The van der Waals surface area contributed by atoms with Crippen molar-refractivity contribution >= 4 is 52.3 Å².